The Morgan fingerprint density at radius 3 is 2.47 bits per heavy atom. The van der Waals surface area contributed by atoms with Crippen molar-refractivity contribution in [2.24, 2.45) is 5.73 Å². The van der Waals surface area contributed by atoms with E-state index in [1.165, 1.54) is 5.56 Å². The Morgan fingerprint density at radius 2 is 1.94 bits per heavy atom. The average molecular weight is 257 g/mol. The van der Waals surface area contributed by atoms with Gasteiger partial charge in [-0.05, 0) is 25.8 Å². The first kappa shape index (κ1) is 15.9. The van der Waals surface area contributed by atoms with Crippen molar-refractivity contribution in [2.75, 3.05) is 6.54 Å². The lowest BCUT2D eigenvalue weighted by Gasteiger charge is -2.07. The minimum atomic E-state index is 0. The number of halogens is 1. The van der Waals surface area contributed by atoms with E-state index in [0.717, 1.165) is 12.0 Å². The van der Waals surface area contributed by atoms with Gasteiger partial charge in [0.05, 0.1) is 6.42 Å². The molecule has 1 aromatic rings. The molecule has 1 atom stereocenters. The van der Waals surface area contributed by atoms with Gasteiger partial charge < -0.3 is 11.1 Å². The number of nitrogens with two attached hydrogens (primary N) is 1. The number of carbonyl (C=O) groups is 1. The van der Waals surface area contributed by atoms with Gasteiger partial charge >= 0.3 is 0 Å². The second kappa shape index (κ2) is 8.09. The van der Waals surface area contributed by atoms with Crippen LogP contribution < -0.4 is 11.1 Å². The molecule has 1 unspecified atom stereocenters. The first-order valence-electron chi connectivity index (χ1n) is 5.66. The van der Waals surface area contributed by atoms with E-state index in [-0.39, 0.29) is 24.4 Å². The molecule has 1 rings (SSSR count). The molecule has 0 bridgehead atoms. The Bertz CT molecular complexity index is 336. The van der Waals surface area contributed by atoms with Crippen LogP contribution in [0.4, 0.5) is 0 Å². The highest BCUT2D eigenvalue weighted by Crippen LogP contribution is 2.03. The molecule has 0 aromatic heterocycles. The summed E-state index contributed by atoms with van der Waals surface area (Å²) in [5.41, 5.74) is 7.85. The van der Waals surface area contributed by atoms with Crippen LogP contribution in [0.15, 0.2) is 24.3 Å². The second-order valence-electron chi connectivity index (χ2n) is 4.28. The zero-order valence-electron chi connectivity index (χ0n) is 10.4. The minimum Gasteiger partial charge on any atom is -0.356 e. The predicted molar refractivity (Wildman–Crippen MR) is 73.4 cm³/mol. The summed E-state index contributed by atoms with van der Waals surface area (Å²) in [5, 5.41) is 2.86. The lowest BCUT2D eigenvalue weighted by Crippen LogP contribution is -2.29. The molecule has 17 heavy (non-hydrogen) atoms. The van der Waals surface area contributed by atoms with Gasteiger partial charge in [-0.25, -0.2) is 0 Å². The van der Waals surface area contributed by atoms with Crippen molar-refractivity contribution in [1.29, 1.82) is 0 Å². The van der Waals surface area contributed by atoms with Crippen molar-refractivity contribution < 1.29 is 4.79 Å². The molecule has 0 aliphatic carbocycles. The maximum absolute atomic E-state index is 11.5. The van der Waals surface area contributed by atoms with Crippen LogP contribution in [0.5, 0.6) is 0 Å². The Kier molecular flexibility index (Phi) is 7.59. The van der Waals surface area contributed by atoms with Crippen molar-refractivity contribution in [1.82, 2.24) is 5.32 Å². The van der Waals surface area contributed by atoms with E-state index in [9.17, 15) is 4.79 Å². The summed E-state index contributed by atoms with van der Waals surface area (Å²) in [5.74, 6) is 0.0597. The van der Waals surface area contributed by atoms with Crippen molar-refractivity contribution in [3.63, 3.8) is 0 Å². The zero-order chi connectivity index (χ0) is 12.0. The number of hydrogen-bond donors (Lipinski definition) is 2. The fourth-order valence-electron chi connectivity index (χ4n) is 1.39. The van der Waals surface area contributed by atoms with Crippen LogP contribution in [0.1, 0.15) is 24.5 Å². The van der Waals surface area contributed by atoms with E-state index < -0.39 is 0 Å². The van der Waals surface area contributed by atoms with Crippen LogP contribution >= 0.6 is 12.4 Å². The van der Waals surface area contributed by atoms with Gasteiger partial charge in [-0.1, -0.05) is 29.8 Å². The third-order valence-electron chi connectivity index (χ3n) is 2.41. The van der Waals surface area contributed by atoms with Crippen molar-refractivity contribution >= 4 is 18.3 Å². The largest absolute Gasteiger partial charge is 0.356 e. The fourth-order valence-corrected chi connectivity index (χ4v) is 1.39. The molecular weight excluding hydrogens is 236 g/mol. The molecule has 4 heteroatoms. The maximum atomic E-state index is 11.5. The van der Waals surface area contributed by atoms with Crippen LogP contribution in [-0.4, -0.2) is 18.5 Å². The molecule has 96 valence electrons. The molecule has 1 aromatic carbocycles. The quantitative estimate of drug-likeness (QED) is 0.844. The number of hydrogen-bond acceptors (Lipinski definition) is 2. The van der Waals surface area contributed by atoms with Gasteiger partial charge in [0.2, 0.25) is 5.91 Å². The highest BCUT2D eigenvalue weighted by molar-refractivity contribution is 5.85. The molecule has 0 radical (unpaired) electrons. The molecule has 0 heterocycles. The van der Waals surface area contributed by atoms with Crippen molar-refractivity contribution in [2.45, 2.75) is 32.7 Å². The van der Waals surface area contributed by atoms with Crippen LogP contribution in [0, 0.1) is 6.92 Å². The monoisotopic (exact) mass is 256 g/mol. The minimum absolute atomic E-state index is 0. The van der Waals surface area contributed by atoms with Crippen molar-refractivity contribution in [3.8, 4) is 0 Å². The van der Waals surface area contributed by atoms with Crippen molar-refractivity contribution in [3.05, 3.63) is 35.4 Å². The van der Waals surface area contributed by atoms with Gasteiger partial charge in [0.15, 0.2) is 0 Å². The first-order chi connectivity index (χ1) is 7.58. The smallest absolute Gasteiger partial charge is 0.224 e. The predicted octanol–water partition coefficient (Wildman–Crippen LogP) is 1.81. The Morgan fingerprint density at radius 1 is 1.35 bits per heavy atom. The molecular formula is C13H21ClN2O. The topological polar surface area (TPSA) is 55.1 Å². The SMILES string of the molecule is Cc1ccc(CC(=O)NCCC(C)N)cc1.Cl. The molecule has 0 aliphatic heterocycles. The van der Waals surface area contributed by atoms with Gasteiger partial charge in [0.25, 0.3) is 0 Å². The molecule has 0 spiro atoms. The Labute approximate surface area is 109 Å². The summed E-state index contributed by atoms with van der Waals surface area (Å²) in [6, 6.07) is 8.15. The number of rotatable bonds is 5. The third-order valence-corrected chi connectivity index (χ3v) is 2.41. The van der Waals surface area contributed by atoms with Crippen LogP contribution in [0.3, 0.4) is 0 Å². The molecule has 0 saturated carbocycles. The fraction of sp³-hybridized carbons (Fsp3) is 0.462. The summed E-state index contributed by atoms with van der Waals surface area (Å²) in [4.78, 5) is 11.5. The normalized spacial score (nSPS) is 11.5. The van der Waals surface area contributed by atoms with E-state index in [2.05, 4.69) is 5.32 Å². The molecule has 1 amide bonds. The van der Waals surface area contributed by atoms with E-state index in [0.29, 0.717) is 13.0 Å². The Hall–Kier alpha value is -1.06. The number of amides is 1. The first-order valence-corrected chi connectivity index (χ1v) is 5.66. The van der Waals surface area contributed by atoms with Crippen LogP contribution in [0.2, 0.25) is 0 Å². The summed E-state index contributed by atoms with van der Waals surface area (Å²) in [6.45, 7) is 4.63. The molecule has 0 aliphatic rings. The molecule has 3 nitrogen and oxygen atoms in total. The summed E-state index contributed by atoms with van der Waals surface area (Å²) in [7, 11) is 0. The third kappa shape index (κ3) is 6.97. The number of aryl methyl sites for hydroxylation is 1. The van der Waals surface area contributed by atoms with E-state index in [1.807, 2.05) is 38.1 Å². The molecule has 0 fully saturated rings. The zero-order valence-corrected chi connectivity index (χ0v) is 11.2. The van der Waals surface area contributed by atoms with E-state index >= 15 is 0 Å². The highest BCUT2D eigenvalue weighted by Gasteiger charge is 2.02. The highest BCUT2D eigenvalue weighted by atomic mass is 35.5. The van der Waals surface area contributed by atoms with Crippen LogP contribution in [0.25, 0.3) is 0 Å². The van der Waals surface area contributed by atoms with Gasteiger partial charge in [0, 0.05) is 12.6 Å². The van der Waals surface area contributed by atoms with E-state index in [4.69, 9.17) is 5.73 Å². The molecule has 3 N–H and O–H groups in total. The number of benzene rings is 1. The summed E-state index contributed by atoms with van der Waals surface area (Å²) < 4.78 is 0. The standard InChI is InChI=1S/C13H20N2O.ClH/c1-10-3-5-12(6-4-10)9-13(16)15-8-7-11(2)14;/h3-6,11H,7-9,14H2,1-2H3,(H,15,16);1H. The average Bonchev–Trinajstić information content (AvgIpc) is 2.21. The van der Waals surface area contributed by atoms with Gasteiger partial charge in [-0.15, -0.1) is 12.4 Å². The van der Waals surface area contributed by atoms with E-state index in [1.54, 1.807) is 0 Å². The Balaban J connectivity index is 0.00000256. The van der Waals surface area contributed by atoms with Gasteiger partial charge in [-0.2, -0.15) is 0 Å². The lowest BCUT2D eigenvalue weighted by molar-refractivity contribution is -0.120. The molecule has 0 saturated heterocycles. The summed E-state index contributed by atoms with van der Waals surface area (Å²) >= 11 is 0. The maximum Gasteiger partial charge on any atom is 0.224 e. The van der Waals surface area contributed by atoms with Crippen LogP contribution in [-0.2, 0) is 11.2 Å². The second-order valence-corrected chi connectivity index (χ2v) is 4.28. The number of nitrogens with one attached hydrogen (secondary N) is 1. The van der Waals surface area contributed by atoms with Gasteiger partial charge in [0.1, 0.15) is 0 Å². The summed E-state index contributed by atoms with van der Waals surface area (Å²) in [6.07, 6.45) is 1.26. The lowest BCUT2D eigenvalue weighted by atomic mass is 10.1. The van der Waals surface area contributed by atoms with Gasteiger partial charge in [-0.3, -0.25) is 4.79 Å². The number of carbonyl (C=O) groups excluding carboxylic acids is 1.